The molecular weight excluding hydrogens is 1760 g/mol. The van der Waals surface area contributed by atoms with Crippen LogP contribution in [0.4, 0.5) is 102 Å². The maximum absolute atomic E-state index is 6.79. The SMILES string of the molecule is Cc1cccc2c3c(ccc12)N(c1ccc2sc4ccccc4c2c1)c1c(ccc2c(C)cccc12)N3c1ccccc1.c1ccc(-c2ccc(N3c4ccc5ccccc5c4N(c4ccc5oc6ccccc6c5c4)c4ccc5ccccc5c43)cc2)cc1.c1ccc(-c2cccc3c4c(ccc23)N(c2cccc3c2oc2ccccc23)c2c(cc(-c3ccccc3)c3ccccc23)N4c2ccccc2)cc1. The monoisotopic (exact) mass is 1840 g/mol. The molecule has 0 atom stereocenters. The molecule has 0 radical (unpaired) electrons. The average Bonchev–Trinajstić information content (AvgIpc) is 1.13. The number of hydrogen-bond acceptors (Lipinski definition) is 9. The van der Waals surface area contributed by atoms with Crippen molar-refractivity contribution >= 4 is 242 Å². The smallest absolute Gasteiger partial charge is 0.159 e. The summed E-state index contributed by atoms with van der Waals surface area (Å²) in [4.78, 5) is 14.8. The van der Waals surface area contributed by atoms with Crippen LogP contribution in [0, 0.1) is 13.8 Å². The van der Waals surface area contributed by atoms with Crippen LogP contribution in [0.25, 0.3) is 162 Å². The Morgan fingerprint density at radius 2 is 0.517 bits per heavy atom. The Morgan fingerprint density at radius 1 is 0.168 bits per heavy atom. The van der Waals surface area contributed by atoms with E-state index in [9.17, 15) is 0 Å². The zero-order chi connectivity index (χ0) is 94.4. The zero-order valence-corrected chi connectivity index (χ0v) is 79.1. The van der Waals surface area contributed by atoms with Crippen LogP contribution in [0.3, 0.4) is 0 Å². The lowest BCUT2D eigenvalue weighted by atomic mass is 9.90. The van der Waals surface area contributed by atoms with Crippen LogP contribution in [0.5, 0.6) is 0 Å². The van der Waals surface area contributed by atoms with Gasteiger partial charge in [-0.1, -0.05) is 364 Å². The van der Waals surface area contributed by atoms with Gasteiger partial charge in [0.2, 0.25) is 0 Å². The molecule has 0 unspecified atom stereocenters. The second kappa shape index (κ2) is 33.7. The van der Waals surface area contributed by atoms with Crippen molar-refractivity contribution in [2.45, 2.75) is 13.8 Å². The first kappa shape index (κ1) is 82.7. The highest BCUT2D eigenvalue weighted by Gasteiger charge is 2.40. The van der Waals surface area contributed by atoms with Gasteiger partial charge in [0.05, 0.1) is 73.9 Å². The minimum absolute atomic E-state index is 0.869. The van der Waals surface area contributed by atoms with E-state index in [-0.39, 0.29) is 0 Å². The largest absolute Gasteiger partial charge is 0.456 e. The van der Waals surface area contributed by atoms with Crippen LogP contribution in [-0.4, -0.2) is 0 Å². The van der Waals surface area contributed by atoms with Crippen LogP contribution >= 0.6 is 11.3 Å². The molecule has 143 heavy (non-hydrogen) atoms. The predicted molar refractivity (Wildman–Crippen MR) is 606 cm³/mol. The summed E-state index contributed by atoms with van der Waals surface area (Å²) in [5, 5.41) is 21.7. The van der Waals surface area contributed by atoms with E-state index < -0.39 is 0 Å². The topological polar surface area (TPSA) is 45.7 Å². The zero-order valence-electron chi connectivity index (χ0n) is 78.3. The van der Waals surface area contributed by atoms with Crippen molar-refractivity contribution in [3.05, 3.63) is 509 Å². The Morgan fingerprint density at radius 3 is 1.10 bits per heavy atom. The number of fused-ring (bicyclic) bond motifs is 27. The number of thiophene rings is 1. The van der Waals surface area contributed by atoms with Gasteiger partial charge in [-0.15, -0.1) is 11.3 Å². The maximum atomic E-state index is 6.79. The molecule has 8 nitrogen and oxygen atoms in total. The van der Waals surface area contributed by atoms with Gasteiger partial charge in [-0.2, -0.15) is 0 Å². The van der Waals surface area contributed by atoms with Gasteiger partial charge in [-0.3, -0.25) is 0 Å². The second-order valence-corrected chi connectivity index (χ2v) is 38.4. The Hall–Kier alpha value is -18.5. The summed E-state index contributed by atoms with van der Waals surface area (Å²) in [6.45, 7) is 4.42. The first-order valence-corrected chi connectivity index (χ1v) is 49.7. The summed E-state index contributed by atoms with van der Waals surface area (Å²) >= 11 is 1.87. The third-order valence-electron chi connectivity index (χ3n) is 29.3. The van der Waals surface area contributed by atoms with Crippen LogP contribution in [0.15, 0.2) is 506 Å². The van der Waals surface area contributed by atoms with Gasteiger partial charge in [0.15, 0.2) is 5.58 Å². The number of rotatable bonds is 9. The minimum atomic E-state index is 0.869. The molecule has 6 heterocycles. The summed E-state index contributed by atoms with van der Waals surface area (Å²) in [7, 11) is 0. The molecule has 3 aromatic heterocycles. The van der Waals surface area contributed by atoms with E-state index in [2.05, 4.69) is 522 Å². The lowest BCUT2D eigenvalue weighted by Gasteiger charge is -2.42. The molecule has 0 N–H and O–H groups in total. The highest BCUT2D eigenvalue weighted by atomic mass is 32.1. The van der Waals surface area contributed by atoms with E-state index in [0.717, 1.165) is 118 Å². The molecular formula is C134H88N6O2S. The second-order valence-electron chi connectivity index (χ2n) is 37.3. The number of nitrogens with zero attached hydrogens (tertiary/aromatic N) is 6. The number of furan rings is 2. The molecule has 27 aromatic rings. The first-order chi connectivity index (χ1) is 70.8. The van der Waals surface area contributed by atoms with E-state index in [1.165, 1.54) is 158 Å². The molecule has 9 heteroatoms. The molecule has 0 saturated carbocycles. The summed E-state index contributed by atoms with van der Waals surface area (Å²) in [6.07, 6.45) is 0. The minimum Gasteiger partial charge on any atom is -0.456 e. The standard InChI is InChI=1S/C50H32N2O.C44H28N2O.C40H28N2S/c1-4-16-33(17-5-1)36-25-14-26-41-38(36)30-31-44-48(41)51(35-20-8-3-9-21-35)46-32-43(34-18-6-2-7-19-34)37-22-10-11-24-40(37)49(46)52(44)45-28-15-27-42-39-23-12-13-29-47(39)53-50(42)45;1-2-10-29(11-3-1)30-18-22-33(23-19-30)45-39-25-20-32-13-5-7-15-36(32)44(39)46(40-26-21-31-12-4-6-14-35(31)43(40)45)34-24-27-42-38(28-34)37-16-8-9-17-41(37)47-42;1-25-10-8-15-32-29(25)20-22-36-39(32)41(27-12-4-3-5-13-27)35-21-19-30-26(2)11-9-16-33(30)40(35)42(36)28-18-23-38-34(24-28)31-14-6-7-17-37(31)43-38/h1-32H;1-28H;3-24H,1-2H3. The Balaban J connectivity index is 0.000000105. The molecule has 0 amide bonds. The van der Waals surface area contributed by atoms with E-state index >= 15 is 0 Å². The lowest BCUT2D eigenvalue weighted by Crippen LogP contribution is -2.25. The van der Waals surface area contributed by atoms with Crippen LogP contribution in [0.1, 0.15) is 11.1 Å². The van der Waals surface area contributed by atoms with Crippen molar-refractivity contribution < 1.29 is 8.83 Å². The highest BCUT2D eigenvalue weighted by Crippen LogP contribution is 2.65. The quantitative estimate of drug-likeness (QED) is 0.142. The summed E-state index contributed by atoms with van der Waals surface area (Å²) in [6, 6.07) is 180. The van der Waals surface area contributed by atoms with Gasteiger partial charge in [-0.05, 0) is 224 Å². The van der Waals surface area contributed by atoms with E-state index in [1.54, 1.807) is 0 Å². The normalized spacial score (nSPS) is 12.6. The predicted octanol–water partition coefficient (Wildman–Crippen LogP) is 39.5. The van der Waals surface area contributed by atoms with E-state index in [4.69, 9.17) is 8.83 Å². The van der Waals surface area contributed by atoms with E-state index in [0.29, 0.717) is 0 Å². The number of benzene rings is 24. The van der Waals surface area contributed by atoms with Gasteiger partial charge < -0.3 is 38.2 Å². The van der Waals surface area contributed by atoms with Crippen molar-refractivity contribution in [1.82, 2.24) is 0 Å². The van der Waals surface area contributed by atoms with Crippen molar-refractivity contribution in [2.24, 2.45) is 0 Å². The van der Waals surface area contributed by atoms with Gasteiger partial charge in [-0.25, -0.2) is 0 Å². The third-order valence-corrected chi connectivity index (χ3v) is 30.5. The van der Waals surface area contributed by atoms with Gasteiger partial charge in [0.1, 0.15) is 16.7 Å². The highest BCUT2D eigenvalue weighted by molar-refractivity contribution is 7.25. The van der Waals surface area contributed by atoms with Crippen molar-refractivity contribution in [3.8, 4) is 33.4 Å². The fraction of sp³-hybridized carbons (Fsp3) is 0.0149. The fourth-order valence-electron chi connectivity index (χ4n) is 22.9. The Labute approximate surface area is 830 Å². The van der Waals surface area contributed by atoms with Gasteiger partial charge >= 0.3 is 0 Å². The third kappa shape index (κ3) is 13.4. The van der Waals surface area contributed by atoms with Crippen LogP contribution < -0.4 is 29.4 Å². The average molecular weight is 1850 g/mol. The molecule has 672 valence electrons. The fourth-order valence-corrected chi connectivity index (χ4v) is 23.9. The van der Waals surface area contributed by atoms with Crippen LogP contribution in [0.2, 0.25) is 0 Å². The Bertz CT molecular complexity index is 9810. The molecule has 0 bridgehead atoms. The van der Waals surface area contributed by atoms with Crippen molar-refractivity contribution in [2.75, 3.05) is 29.4 Å². The molecule has 3 aliphatic heterocycles. The first-order valence-electron chi connectivity index (χ1n) is 48.9. The summed E-state index contributed by atoms with van der Waals surface area (Å²) in [5.74, 6) is 0. The summed E-state index contributed by atoms with van der Waals surface area (Å²) < 4.78 is 15.7. The van der Waals surface area contributed by atoms with Gasteiger partial charge in [0, 0.05) is 102 Å². The molecule has 3 aliphatic rings. The maximum Gasteiger partial charge on any atom is 0.159 e. The molecule has 24 aromatic carbocycles. The van der Waals surface area contributed by atoms with Gasteiger partial charge in [0.25, 0.3) is 0 Å². The number of hydrogen-bond donors (Lipinski definition) is 0. The molecule has 30 rings (SSSR count). The molecule has 0 saturated heterocycles. The van der Waals surface area contributed by atoms with E-state index in [1.807, 2.05) is 29.5 Å². The van der Waals surface area contributed by atoms with Crippen molar-refractivity contribution in [1.29, 1.82) is 0 Å². The molecule has 0 spiro atoms. The molecule has 0 aliphatic carbocycles. The molecule has 0 fully saturated rings. The van der Waals surface area contributed by atoms with Crippen molar-refractivity contribution in [3.63, 3.8) is 0 Å². The lowest BCUT2D eigenvalue weighted by molar-refractivity contribution is 0.668. The number of aryl methyl sites for hydroxylation is 2. The Kier molecular flexibility index (Phi) is 19.5. The number of anilines is 18. The summed E-state index contributed by atoms with van der Waals surface area (Å²) in [5.41, 5.74) is 33.8. The number of para-hydroxylation sites is 5. The van der Waals surface area contributed by atoms with Crippen LogP contribution in [-0.2, 0) is 0 Å².